The molecule has 7 nitrogen and oxygen atoms in total. The van der Waals surface area contributed by atoms with Gasteiger partial charge in [-0.3, -0.25) is 15.1 Å². The zero-order valence-corrected chi connectivity index (χ0v) is 12.5. The zero-order chi connectivity index (χ0) is 16.4. The molecule has 0 amide bonds. The van der Waals surface area contributed by atoms with Crippen molar-refractivity contribution in [2.24, 2.45) is 10.8 Å². The highest BCUT2D eigenvalue weighted by Gasteiger charge is 2.28. The lowest BCUT2D eigenvalue weighted by molar-refractivity contribution is -0.384. The van der Waals surface area contributed by atoms with E-state index in [0.29, 0.717) is 12.3 Å². The molecule has 0 radical (unpaired) electrons. The van der Waals surface area contributed by atoms with E-state index in [4.69, 9.17) is 10.5 Å². The number of amidine groups is 1. The first kappa shape index (κ1) is 14.8. The summed E-state index contributed by atoms with van der Waals surface area (Å²) in [4.78, 5) is 10.3. The maximum atomic E-state index is 10.8. The number of nitrogens with zero attached hydrogens (tertiary/aromatic N) is 3. The molecule has 1 heterocycles. The second-order valence-electron chi connectivity index (χ2n) is 5.20. The first-order chi connectivity index (χ1) is 11.1. The van der Waals surface area contributed by atoms with Crippen LogP contribution in [-0.2, 0) is 0 Å². The summed E-state index contributed by atoms with van der Waals surface area (Å²) in [6, 6.07) is 14.0. The van der Waals surface area contributed by atoms with Gasteiger partial charge < -0.3 is 10.5 Å². The molecule has 0 bridgehead atoms. The second kappa shape index (κ2) is 5.96. The monoisotopic (exact) mass is 312 g/mol. The predicted octanol–water partition coefficient (Wildman–Crippen LogP) is 2.83. The Balaban J connectivity index is 1.90. The molecule has 2 aromatic rings. The standard InChI is InChI=1S/C16H16N4O3/c1-23-14-8-2-11(3-9-14)15-10-16(17)18-19(15)12-4-6-13(7-5-12)20(21)22/h2-9,15H,10H2,1H3,(H2,17,18). The summed E-state index contributed by atoms with van der Waals surface area (Å²) in [5.74, 6) is 1.31. The summed E-state index contributed by atoms with van der Waals surface area (Å²) in [6.45, 7) is 0. The lowest BCUT2D eigenvalue weighted by Crippen LogP contribution is -2.18. The maximum absolute atomic E-state index is 10.8. The Labute approximate surface area is 133 Å². The number of methoxy groups -OCH3 is 1. The van der Waals surface area contributed by atoms with Crippen molar-refractivity contribution < 1.29 is 9.66 Å². The average molecular weight is 312 g/mol. The van der Waals surface area contributed by atoms with Crippen molar-refractivity contribution in [2.75, 3.05) is 12.1 Å². The molecule has 1 aliphatic rings. The van der Waals surface area contributed by atoms with Crippen LogP contribution in [0.1, 0.15) is 18.0 Å². The van der Waals surface area contributed by atoms with Gasteiger partial charge in [-0.25, -0.2) is 0 Å². The third kappa shape index (κ3) is 2.94. The van der Waals surface area contributed by atoms with E-state index in [1.807, 2.05) is 24.3 Å². The van der Waals surface area contributed by atoms with E-state index in [-0.39, 0.29) is 11.7 Å². The molecule has 0 spiro atoms. The molecule has 0 saturated heterocycles. The molecule has 2 N–H and O–H groups in total. The lowest BCUT2D eigenvalue weighted by Gasteiger charge is -2.23. The zero-order valence-electron chi connectivity index (χ0n) is 12.5. The molecule has 118 valence electrons. The summed E-state index contributed by atoms with van der Waals surface area (Å²) in [5, 5.41) is 16.9. The molecule has 1 unspecified atom stereocenters. The fraction of sp³-hybridized carbons (Fsp3) is 0.188. The number of rotatable bonds is 4. The van der Waals surface area contributed by atoms with E-state index in [1.165, 1.54) is 12.1 Å². The second-order valence-corrected chi connectivity index (χ2v) is 5.20. The number of benzene rings is 2. The molecular weight excluding hydrogens is 296 g/mol. The molecule has 7 heteroatoms. The Morgan fingerprint density at radius 3 is 2.43 bits per heavy atom. The summed E-state index contributed by atoms with van der Waals surface area (Å²) in [6.07, 6.45) is 0.601. The van der Waals surface area contributed by atoms with E-state index in [1.54, 1.807) is 24.3 Å². The van der Waals surface area contributed by atoms with Crippen molar-refractivity contribution >= 4 is 17.2 Å². The van der Waals surface area contributed by atoms with E-state index in [9.17, 15) is 10.1 Å². The smallest absolute Gasteiger partial charge is 0.269 e. The number of hydrogen-bond donors (Lipinski definition) is 1. The SMILES string of the molecule is COc1ccc(C2CC(N)=NN2c2ccc([N+](=O)[O-])cc2)cc1. The van der Waals surface area contributed by atoms with Crippen molar-refractivity contribution in [3.05, 3.63) is 64.2 Å². The first-order valence-corrected chi connectivity index (χ1v) is 7.09. The number of anilines is 1. The molecule has 0 fully saturated rings. The first-order valence-electron chi connectivity index (χ1n) is 7.09. The van der Waals surface area contributed by atoms with Crippen LogP contribution >= 0.6 is 0 Å². The van der Waals surface area contributed by atoms with Crippen LogP contribution in [0.25, 0.3) is 0 Å². The molecule has 1 aliphatic heterocycles. The van der Waals surface area contributed by atoms with Gasteiger partial charge in [0.25, 0.3) is 5.69 Å². The van der Waals surface area contributed by atoms with E-state index in [2.05, 4.69) is 5.10 Å². The molecule has 0 saturated carbocycles. The summed E-state index contributed by atoms with van der Waals surface area (Å²) in [7, 11) is 1.62. The van der Waals surface area contributed by atoms with Crippen LogP contribution < -0.4 is 15.5 Å². The van der Waals surface area contributed by atoms with Gasteiger partial charge in [0.2, 0.25) is 0 Å². The molecular formula is C16H16N4O3. The Bertz CT molecular complexity index is 741. The summed E-state index contributed by atoms with van der Waals surface area (Å²) < 4.78 is 5.17. The van der Waals surface area contributed by atoms with Crippen LogP contribution in [0.5, 0.6) is 5.75 Å². The van der Waals surface area contributed by atoms with Crippen LogP contribution in [-0.4, -0.2) is 17.9 Å². The Kier molecular flexibility index (Phi) is 3.84. The Morgan fingerprint density at radius 1 is 1.22 bits per heavy atom. The maximum Gasteiger partial charge on any atom is 0.269 e. The largest absolute Gasteiger partial charge is 0.497 e. The fourth-order valence-electron chi connectivity index (χ4n) is 2.58. The van der Waals surface area contributed by atoms with Gasteiger partial charge in [0.05, 0.1) is 23.8 Å². The van der Waals surface area contributed by atoms with E-state index in [0.717, 1.165) is 17.0 Å². The molecule has 0 aromatic heterocycles. The average Bonchev–Trinajstić information content (AvgIpc) is 2.97. The predicted molar refractivity (Wildman–Crippen MR) is 87.5 cm³/mol. The normalized spacial score (nSPS) is 17.0. The van der Waals surface area contributed by atoms with Gasteiger partial charge in [-0.05, 0) is 29.8 Å². The Hall–Kier alpha value is -3.09. The van der Waals surface area contributed by atoms with Gasteiger partial charge in [0.15, 0.2) is 0 Å². The van der Waals surface area contributed by atoms with Crippen LogP contribution in [0.2, 0.25) is 0 Å². The molecule has 23 heavy (non-hydrogen) atoms. The number of nitrogens with two attached hydrogens (primary N) is 1. The van der Waals surface area contributed by atoms with Crippen molar-refractivity contribution in [2.45, 2.75) is 12.5 Å². The third-order valence-corrected chi connectivity index (χ3v) is 3.76. The van der Waals surface area contributed by atoms with Gasteiger partial charge >= 0.3 is 0 Å². The number of hydrazone groups is 1. The Morgan fingerprint density at radius 2 is 1.87 bits per heavy atom. The minimum atomic E-state index is -0.424. The van der Waals surface area contributed by atoms with Crippen molar-refractivity contribution in [1.29, 1.82) is 0 Å². The minimum Gasteiger partial charge on any atom is -0.497 e. The van der Waals surface area contributed by atoms with E-state index >= 15 is 0 Å². The summed E-state index contributed by atoms with van der Waals surface area (Å²) >= 11 is 0. The van der Waals surface area contributed by atoms with Gasteiger partial charge in [-0.15, -0.1) is 0 Å². The minimum absolute atomic E-state index is 0.0395. The third-order valence-electron chi connectivity index (χ3n) is 3.76. The molecule has 1 atom stereocenters. The summed E-state index contributed by atoms with van der Waals surface area (Å²) in [5.41, 5.74) is 7.76. The topological polar surface area (TPSA) is 94.0 Å². The number of hydrogen-bond acceptors (Lipinski definition) is 6. The van der Waals surface area contributed by atoms with Gasteiger partial charge in [0, 0.05) is 18.6 Å². The van der Waals surface area contributed by atoms with Crippen LogP contribution in [0.3, 0.4) is 0 Å². The van der Waals surface area contributed by atoms with Crippen molar-refractivity contribution in [1.82, 2.24) is 0 Å². The van der Waals surface area contributed by atoms with Gasteiger partial charge in [-0.1, -0.05) is 12.1 Å². The van der Waals surface area contributed by atoms with Gasteiger partial charge in [0.1, 0.15) is 11.6 Å². The lowest BCUT2D eigenvalue weighted by atomic mass is 10.0. The van der Waals surface area contributed by atoms with E-state index < -0.39 is 4.92 Å². The van der Waals surface area contributed by atoms with Gasteiger partial charge in [-0.2, -0.15) is 5.10 Å². The fourth-order valence-corrected chi connectivity index (χ4v) is 2.58. The molecule has 0 aliphatic carbocycles. The van der Waals surface area contributed by atoms with Crippen LogP contribution in [0.15, 0.2) is 53.6 Å². The number of non-ortho nitro benzene ring substituents is 1. The van der Waals surface area contributed by atoms with Crippen molar-refractivity contribution in [3.63, 3.8) is 0 Å². The number of ether oxygens (including phenoxy) is 1. The van der Waals surface area contributed by atoms with Crippen LogP contribution in [0.4, 0.5) is 11.4 Å². The highest BCUT2D eigenvalue weighted by Crippen LogP contribution is 2.35. The number of nitro groups is 1. The quantitative estimate of drug-likeness (QED) is 0.692. The molecule has 2 aromatic carbocycles. The van der Waals surface area contributed by atoms with Crippen LogP contribution in [0, 0.1) is 10.1 Å². The highest BCUT2D eigenvalue weighted by atomic mass is 16.6. The van der Waals surface area contributed by atoms with Crippen molar-refractivity contribution in [3.8, 4) is 5.75 Å². The highest BCUT2D eigenvalue weighted by molar-refractivity contribution is 5.85. The molecule has 3 rings (SSSR count). The number of nitro benzene ring substituents is 1.